The summed E-state index contributed by atoms with van der Waals surface area (Å²) in [6.07, 6.45) is 3.55. The van der Waals surface area contributed by atoms with Gasteiger partial charge < -0.3 is 19.6 Å². The van der Waals surface area contributed by atoms with Crippen molar-refractivity contribution >= 4 is 16.9 Å². The van der Waals surface area contributed by atoms with Crippen molar-refractivity contribution in [1.29, 1.82) is 0 Å². The zero-order valence-corrected chi connectivity index (χ0v) is 16.8. The first-order valence-electron chi connectivity index (χ1n) is 9.98. The molecule has 0 atom stereocenters. The lowest BCUT2D eigenvalue weighted by molar-refractivity contribution is 0.0964. The van der Waals surface area contributed by atoms with Crippen LogP contribution in [0.15, 0.2) is 40.8 Å². The number of methoxy groups -OCH3 is 1. The Labute approximate surface area is 170 Å². The third-order valence-corrected chi connectivity index (χ3v) is 5.58. The summed E-state index contributed by atoms with van der Waals surface area (Å²) >= 11 is 0. The lowest BCUT2D eigenvalue weighted by Crippen LogP contribution is -2.29. The van der Waals surface area contributed by atoms with Crippen LogP contribution in [0.1, 0.15) is 35.2 Å². The van der Waals surface area contributed by atoms with Crippen LogP contribution in [-0.2, 0) is 6.54 Å². The van der Waals surface area contributed by atoms with Crippen molar-refractivity contribution in [2.75, 3.05) is 27.2 Å². The number of piperidine rings is 1. The van der Waals surface area contributed by atoms with Crippen LogP contribution in [0, 0.1) is 0 Å². The maximum absolute atomic E-state index is 12.9. The molecule has 1 aromatic heterocycles. The van der Waals surface area contributed by atoms with E-state index in [1.807, 2.05) is 24.3 Å². The molecule has 6 heteroatoms. The Balaban J connectivity index is 1.88. The van der Waals surface area contributed by atoms with E-state index in [1.54, 1.807) is 26.3 Å². The number of hydrogen-bond donors (Lipinski definition) is 2. The molecular formula is C23H26N2O4. The number of likely N-dealkylation sites (tertiary alicyclic amines) is 1. The molecule has 1 aliphatic rings. The highest BCUT2D eigenvalue weighted by Gasteiger charge is 2.26. The number of aromatic hydroxyl groups is 1. The summed E-state index contributed by atoms with van der Waals surface area (Å²) in [6, 6.07) is 10.8. The second-order valence-electron chi connectivity index (χ2n) is 7.39. The average Bonchev–Trinajstić information content (AvgIpc) is 3.16. The lowest BCUT2D eigenvalue weighted by atomic mass is 9.99. The van der Waals surface area contributed by atoms with Crippen LogP contribution in [0.3, 0.4) is 0 Å². The number of fused-ring (bicyclic) bond motifs is 1. The van der Waals surface area contributed by atoms with Crippen molar-refractivity contribution in [2.45, 2.75) is 25.8 Å². The third-order valence-electron chi connectivity index (χ3n) is 5.58. The number of ether oxygens (including phenoxy) is 1. The summed E-state index contributed by atoms with van der Waals surface area (Å²) in [5.74, 6) is 1.18. The number of carbonyl (C=O) groups excluding carboxylic acids is 1. The van der Waals surface area contributed by atoms with E-state index in [4.69, 9.17) is 9.15 Å². The third kappa shape index (κ3) is 3.68. The van der Waals surface area contributed by atoms with Gasteiger partial charge in [0, 0.05) is 30.1 Å². The fourth-order valence-corrected chi connectivity index (χ4v) is 4.04. The van der Waals surface area contributed by atoms with Gasteiger partial charge in [-0.05, 0) is 62.3 Å². The van der Waals surface area contributed by atoms with E-state index in [0.717, 1.165) is 42.8 Å². The van der Waals surface area contributed by atoms with Crippen molar-refractivity contribution in [2.24, 2.45) is 0 Å². The summed E-state index contributed by atoms with van der Waals surface area (Å²) in [5, 5.41) is 14.1. The minimum atomic E-state index is -0.236. The maximum Gasteiger partial charge on any atom is 0.255 e. The molecule has 0 spiro atoms. The normalized spacial score (nSPS) is 14.8. The van der Waals surface area contributed by atoms with E-state index in [-0.39, 0.29) is 11.7 Å². The van der Waals surface area contributed by atoms with Gasteiger partial charge in [-0.15, -0.1) is 0 Å². The number of furan rings is 1. The molecule has 1 amide bonds. The van der Waals surface area contributed by atoms with Crippen molar-refractivity contribution in [3.8, 4) is 22.8 Å². The van der Waals surface area contributed by atoms with Crippen LogP contribution < -0.4 is 10.1 Å². The number of nitrogens with zero attached hydrogens (tertiary/aromatic N) is 1. The van der Waals surface area contributed by atoms with Gasteiger partial charge in [-0.2, -0.15) is 0 Å². The molecule has 1 fully saturated rings. The Morgan fingerprint density at radius 1 is 1.14 bits per heavy atom. The number of amides is 1. The Morgan fingerprint density at radius 2 is 1.86 bits per heavy atom. The lowest BCUT2D eigenvalue weighted by Gasteiger charge is -2.27. The van der Waals surface area contributed by atoms with Gasteiger partial charge in [-0.1, -0.05) is 6.42 Å². The van der Waals surface area contributed by atoms with Crippen molar-refractivity contribution in [1.82, 2.24) is 10.2 Å². The zero-order chi connectivity index (χ0) is 20.4. The van der Waals surface area contributed by atoms with E-state index < -0.39 is 0 Å². The Kier molecular flexibility index (Phi) is 5.45. The van der Waals surface area contributed by atoms with Gasteiger partial charge in [0.2, 0.25) is 0 Å². The van der Waals surface area contributed by atoms with Crippen molar-refractivity contribution < 1.29 is 19.1 Å². The number of nitrogens with one attached hydrogen (secondary N) is 1. The molecule has 0 saturated carbocycles. The predicted octanol–water partition coefficient (Wildman–Crippen LogP) is 4.16. The highest BCUT2D eigenvalue weighted by Crippen LogP contribution is 2.39. The molecule has 2 aromatic carbocycles. The van der Waals surface area contributed by atoms with E-state index in [2.05, 4.69) is 10.2 Å². The molecule has 0 unspecified atom stereocenters. The van der Waals surface area contributed by atoms with Crippen LogP contribution >= 0.6 is 0 Å². The second kappa shape index (κ2) is 8.17. The van der Waals surface area contributed by atoms with Gasteiger partial charge in [0.05, 0.1) is 12.7 Å². The van der Waals surface area contributed by atoms with Gasteiger partial charge in [0.1, 0.15) is 22.8 Å². The smallest absolute Gasteiger partial charge is 0.255 e. The van der Waals surface area contributed by atoms with E-state index >= 15 is 0 Å². The molecular weight excluding hydrogens is 368 g/mol. The molecule has 1 aliphatic heterocycles. The number of benzene rings is 2. The second-order valence-corrected chi connectivity index (χ2v) is 7.39. The van der Waals surface area contributed by atoms with Gasteiger partial charge in [0.25, 0.3) is 5.91 Å². The minimum absolute atomic E-state index is 0.190. The molecule has 0 bridgehead atoms. The Morgan fingerprint density at radius 3 is 2.52 bits per heavy atom. The number of phenolic OH excluding ortho intramolecular Hbond substituents is 1. The average molecular weight is 394 g/mol. The first-order valence-corrected chi connectivity index (χ1v) is 9.98. The molecule has 2 N–H and O–H groups in total. The van der Waals surface area contributed by atoms with Crippen molar-refractivity contribution in [3.63, 3.8) is 0 Å². The highest BCUT2D eigenvalue weighted by molar-refractivity contribution is 6.12. The van der Waals surface area contributed by atoms with Crippen LogP contribution in [0.4, 0.5) is 0 Å². The summed E-state index contributed by atoms with van der Waals surface area (Å²) in [6.45, 7) is 2.58. The monoisotopic (exact) mass is 394 g/mol. The molecule has 6 nitrogen and oxygen atoms in total. The van der Waals surface area contributed by atoms with Gasteiger partial charge >= 0.3 is 0 Å². The van der Waals surface area contributed by atoms with E-state index in [1.165, 1.54) is 6.42 Å². The number of carbonyl (C=O) groups is 1. The first kappa shape index (κ1) is 19.3. The SMILES string of the molecule is CNC(=O)c1c(-c2ccc(OC)cc2)oc2ccc(O)c(CN3CCCCC3)c12. The molecule has 0 aliphatic carbocycles. The highest BCUT2D eigenvalue weighted by atomic mass is 16.5. The van der Waals surface area contributed by atoms with Crippen molar-refractivity contribution in [3.05, 3.63) is 47.5 Å². The van der Waals surface area contributed by atoms with E-state index in [9.17, 15) is 9.90 Å². The molecule has 0 radical (unpaired) electrons. The minimum Gasteiger partial charge on any atom is -0.508 e. The summed E-state index contributed by atoms with van der Waals surface area (Å²) < 4.78 is 11.4. The quantitative estimate of drug-likeness (QED) is 0.680. The number of hydrogen-bond acceptors (Lipinski definition) is 5. The first-order chi connectivity index (χ1) is 14.1. The summed E-state index contributed by atoms with van der Waals surface area (Å²) in [4.78, 5) is 15.2. The van der Waals surface area contributed by atoms with Crippen LogP contribution in [0.2, 0.25) is 0 Å². The molecule has 2 heterocycles. The van der Waals surface area contributed by atoms with Gasteiger partial charge in [0.15, 0.2) is 0 Å². The largest absolute Gasteiger partial charge is 0.508 e. The van der Waals surface area contributed by atoms with Crippen LogP contribution in [0.5, 0.6) is 11.5 Å². The fraction of sp³-hybridized carbons (Fsp3) is 0.348. The predicted molar refractivity (Wildman–Crippen MR) is 112 cm³/mol. The Bertz CT molecular complexity index is 1020. The zero-order valence-electron chi connectivity index (χ0n) is 16.8. The topological polar surface area (TPSA) is 74.9 Å². The van der Waals surface area contributed by atoms with Gasteiger partial charge in [-0.3, -0.25) is 9.69 Å². The molecule has 29 heavy (non-hydrogen) atoms. The molecule has 1 saturated heterocycles. The van der Waals surface area contributed by atoms with Crippen LogP contribution in [0.25, 0.3) is 22.3 Å². The Hall–Kier alpha value is -2.99. The van der Waals surface area contributed by atoms with Gasteiger partial charge in [-0.25, -0.2) is 0 Å². The fourth-order valence-electron chi connectivity index (χ4n) is 4.04. The van der Waals surface area contributed by atoms with Crippen LogP contribution in [-0.4, -0.2) is 43.2 Å². The van der Waals surface area contributed by atoms with E-state index in [0.29, 0.717) is 28.8 Å². The summed E-state index contributed by atoms with van der Waals surface area (Å²) in [5.41, 5.74) is 2.57. The molecule has 3 aromatic rings. The standard InChI is InChI=1S/C23H26N2O4/c1-24-23(27)21-20-17(14-25-12-4-3-5-13-25)18(26)10-11-19(20)29-22(21)15-6-8-16(28-2)9-7-15/h6-11,26H,3-5,12-14H2,1-2H3,(H,24,27). The molecule has 4 rings (SSSR count). The maximum atomic E-state index is 12.9. The summed E-state index contributed by atoms with van der Waals surface area (Å²) in [7, 11) is 3.22. The number of phenols is 1. The number of rotatable bonds is 5. The molecule has 152 valence electrons.